The molecule has 52 heavy (non-hydrogen) atoms. The summed E-state index contributed by atoms with van der Waals surface area (Å²) in [5, 5.41) is 25.5. The molecule has 1 spiro atoms. The van der Waals surface area contributed by atoms with Crippen LogP contribution >= 0.6 is 15.9 Å². The van der Waals surface area contributed by atoms with E-state index in [0.717, 1.165) is 57.8 Å². The minimum Gasteiger partial charge on any atom is -0.497 e. The number of benzene rings is 3. The van der Waals surface area contributed by atoms with Crippen LogP contribution in [-0.2, 0) is 39.4 Å². The zero-order valence-corrected chi connectivity index (χ0v) is 32.7. The van der Waals surface area contributed by atoms with E-state index in [9.17, 15) is 9.90 Å². The van der Waals surface area contributed by atoms with Gasteiger partial charge >= 0.3 is 0 Å². The Morgan fingerprint density at radius 2 is 1.92 bits per heavy atom. The molecule has 274 valence electrons. The molecule has 4 heterocycles. The lowest BCUT2D eigenvalue weighted by molar-refractivity contribution is -0.146. The largest absolute Gasteiger partial charge is 0.497 e. The molecule has 13 heteroatoms. The van der Waals surface area contributed by atoms with Crippen LogP contribution in [0.25, 0.3) is 0 Å². The van der Waals surface area contributed by atoms with E-state index in [1.54, 1.807) is 7.11 Å². The number of ether oxygens (including phenoxy) is 2. The molecule has 3 aliphatic rings. The van der Waals surface area contributed by atoms with E-state index in [-0.39, 0.29) is 42.0 Å². The summed E-state index contributed by atoms with van der Waals surface area (Å²) in [6.45, 7) is 8.76. The van der Waals surface area contributed by atoms with E-state index in [1.807, 2.05) is 64.3 Å². The quantitative estimate of drug-likeness (QED) is 0.169. The van der Waals surface area contributed by atoms with Gasteiger partial charge in [-0.2, -0.15) is 0 Å². The van der Waals surface area contributed by atoms with Crippen molar-refractivity contribution >= 4 is 52.4 Å². The Balaban J connectivity index is 1.21. The number of aliphatic hydroxyl groups excluding tert-OH is 1. The van der Waals surface area contributed by atoms with Gasteiger partial charge in [-0.3, -0.25) is 14.3 Å². The fourth-order valence-corrected chi connectivity index (χ4v) is 13.1. The molecule has 0 bridgehead atoms. The molecule has 0 radical (unpaired) electrons. The van der Waals surface area contributed by atoms with Crippen molar-refractivity contribution in [2.45, 2.75) is 82.1 Å². The molecule has 2 fully saturated rings. The Hall–Kier alpha value is -3.88. The first-order valence-electron chi connectivity index (χ1n) is 18.1. The van der Waals surface area contributed by atoms with Gasteiger partial charge in [0.25, 0.3) is 5.91 Å². The summed E-state index contributed by atoms with van der Waals surface area (Å²) >= 11 is 3.71. The Kier molecular flexibility index (Phi) is 10.4. The molecule has 7 rings (SSSR count). The van der Waals surface area contributed by atoms with Gasteiger partial charge in [0.1, 0.15) is 5.75 Å². The normalized spacial score (nSPS) is 24.1. The number of fused-ring (bicyclic) bond motifs is 2. The standard InChI is InChI=1S/C39H47BrN6O5Si/c1-25-36(52(3,4)31-14-12-30(50-2)13-15-31)35(17-20-45-24-29(18-21-47)43-44-45)51-39(25)32-22-27(40)9-16-34(32)46(38(39)49)23-26-7-10-28(11-8-26)42-37(48)33-6-5-19-41-33/h7-16,22,24-25,33,35-36,41,47H,5-6,17-21,23H2,1-4H3,(H,42,48)/t25-,33+,35+,36-,39+/m0/s1. The van der Waals surface area contributed by atoms with Crippen LogP contribution in [0.4, 0.5) is 11.4 Å². The molecule has 5 atom stereocenters. The van der Waals surface area contributed by atoms with Gasteiger partial charge in [-0.25, -0.2) is 0 Å². The van der Waals surface area contributed by atoms with Gasteiger partial charge in [0.05, 0.1) is 45.3 Å². The van der Waals surface area contributed by atoms with Crippen molar-refractivity contribution in [3.63, 3.8) is 0 Å². The van der Waals surface area contributed by atoms with E-state index in [0.29, 0.717) is 25.9 Å². The number of carbonyl (C=O) groups is 2. The molecule has 0 saturated carbocycles. The van der Waals surface area contributed by atoms with E-state index >= 15 is 4.79 Å². The fourth-order valence-electron chi connectivity index (χ4n) is 8.66. The summed E-state index contributed by atoms with van der Waals surface area (Å²) < 4.78 is 15.5. The van der Waals surface area contributed by atoms with Crippen LogP contribution in [0.5, 0.6) is 5.75 Å². The second kappa shape index (κ2) is 14.9. The van der Waals surface area contributed by atoms with Crippen LogP contribution < -0.4 is 25.5 Å². The molecule has 2 amide bonds. The van der Waals surface area contributed by atoms with Crippen molar-refractivity contribution in [1.29, 1.82) is 0 Å². The maximum Gasteiger partial charge on any atom is 0.264 e. The molecule has 0 unspecified atom stereocenters. The first-order valence-corrected chi connectivity index (χ1v) is 22.0. The number of halogens is 1. The van der Waals surface area contributed by atoms with Gasteiger partial charge in [-0.1, -0.05) is 70.6 Å². The van der Waals surface area contributed by atoms with Crippen LogP contribution in [0.3, 0.4) is 0 Å². The van der Waals surface area contributed by atoms with Gasteiger partial charge < -0.3 is 30.1 Å². The van der Waals surface area contributed by atoms with Crippen molar-refractivity contribution in [3.05, 3.63) is 94.2 Å². The molecule has 3 N–H and O–H groups in total. The maximum atomic E-state index is 15.1. The fraction of sp³-hybridized carbons (Fsp3) is 0.436. The van der Waals surface area contributed by atoms with Gasteiger partial charge in [-0.05, 0) is 79.4 Å². The Morgan fingerprint density at radius 3 is 2.62 bits per heavy atom. The number of nitrogens with one attached hydrogen (secondary N) is 2. The summed E-state index contributed by atoms with van der Waals surface area (Å²) in [4.78, 5) is 29.7. The summed E-state index contributed by atoms with van der Waals surface area (Å²) in [6.07, 6.45) is 4.57. The number of aromatic nitrogens is 3. The third-order valence-corrected chi connectivity index (χ3v) is 16.2. The number of aliphatic hydroxyl groups is 1. The van der Waals surface area contributed by atoms with Crippen LogP contribution in [0.1, 0.15) is 43.0 Å². The molecule has 3 aliphatic heterocycles. The van der Waals surface area contributed by atoms with Crippen molar-refractivity contribution < 1.29 is 24.2 Å². The zero-order valence-electron chi connectivity index (χ0n) is 30.1. The minimum absolute atomic E-state index is 0.0145. The highest BCUT2D eigenvalue weighted by molar-refractivity contribution is 9.10. The molecule has 1 aromatic heterocycles. The zero-order chi connectivity index (χ0) is 36.6. The molecule has 4 aromatic rings. The highest BCUT2D eigenvalue weighted by atomic mass is 79.9. The summed E-state index contributed by atoms with van der Waals surface area (Å²) in [7, 11) is -0.643. The molecule has 3 aromatic carbocycles. The van der Waals surface area contributed by atoms with Crippen molar-refractivity contribution in [2.24, 2.45) is 5.92 Å². The van der Waals surface area contributed by atoms with E-state index in [4.69, 9.17) is 9.47 Å². The van der Waals surface area contributed by atoms with Gasteiger partial charge in [0.2, 0.25) is 5.91 Å². The third kappa shape index (κ3) is 6.73. The Bertz CT molecular complexity index is 1910. The van der Waals surface area contributed by atoms with E-state index in [1.165, 1.54) is 5.19 Å². The number of nitrogens with zero attached hydrogens (tertiary/aromatic N) is 4. The third-order valence-electron chi connectivity index (χ3n) is 11.3. The lowest BCUT2D eigenvalue weighted by Gasteiger charge is -2.37. The molecular weight excluding hydrogens is 740 g/mol. The number of amides is 2. The summed E-state index contributed by atoms with van der Waals surface area (Å²) in [5.74, 6) is 0.585. The van der Waals surface area contributed by atoms with Crippen LogP contribution in [0, 0.1) is 5.92 Å². The number of aryl methyl sites for hydroxylation is 1. The average Bonchev–Trinajstić information content (AvgIpc) is 3.94. The molecule has 0 aliphatic carbocycles. The highest BCUT2D eigenvalue weighted by Gasteiger charge is 2.66. The SMILES string of the molecule is COc1ccc([Si](C)(C)[C@@H]2[C@@H](CCn3cc(CCO)nn3)O[C@]3(C(=O)N(Cc4ccc(NC(=O)[C@H]5CCCN5)cc4)c4ccc(Br)cc43)[C@H]2C)cc1. The van der Waals surface area contributed by atoms with Crippen LogP contribution in [0.2, 0.25) is 18.6 Å². The van der Waals surface area contributed by atoms with Crippen LogP contribution in [-0.4, -0.2) is 72.4 Å². The van der Waals surface area contributed by atoms with E-state index < -0.39 is 13.7 Å². The van der Waals surface area contributed by atoms with Crippen molar-refractivity contribution in [2.75, 3.05) is 30.5 Å². The molecular formula is C39H47BrN6O5Si. The number of carbonyl (C=O) groups excluding carboxylic acids is 2. The highest BCUT2D eigenvalue weighted by Crippen LogP contribution is 2.60. The predicted octanol–water partition coefficient (Wildman–Crippen LogP) is 5.13. The van der Waals surface area contributed by atoms with Gasteiger partial charge in [0.15, 0.2) is 5.60 Å². The second-order valence-corrected chi connectivity index (χ2v) is 20.4. The Labute approximate surface area is 314 Å². The number of anilines is 2. The minimum atomic E-state index is -2.32. The number of hydrogen-bond acceptors (Lipinski definition) is 8. The van der Waals surface area contributed by atoms with Gasteiger partial charge in [-0.15, -0.1) is 5.10 Å². The lowest BCUT2D eigenvalue weighted by Crippen LogP contribution is -2.51. The first kappa shape index (κ1) is 36.5. The Morgan fingerprint density at radius 1 is 1.15 bits per heavy atom. The van der Waals surface area contributed by atoms with Crippen molar-refractivity contribution in [3.8, 4) is 5.75 Å². The molecule has 11 nitrogen and oxygen atoms in total. The number of hydrogen-bond donors (Lipinski definition) is 3. The number of rotatable bonds is 12. The smallest absolute Gasteiger partial charge is 0.264 e. The monoisotopic (exact) mass is 786 g/mol. The first-order chi connectivity index (χ1) is 25.0. The van der Waals surface area contributed by atoms with Crippen LogP contribution in [0.15, 0.2) is 77.4 Å². The maximum absolute atomic E-state index is 15.1. The second-order valence-electron chi connectivity index (χ2n) is 14.8. The molecule has 2 saturated heterocycles. The number of methoxy groups -OCH3 is 1. The lowest BCUT2D eigenvalue weighted by atomic mass is 9.82. The predicted molar refractivity (Wildman–Crippen MR) is 206 cm³/mol. The topological polar surface area (TPSA) is 131 Å². The van der Waals surface area contributed by atoms with Crippen molar-refractivity contribution in [1.82, 2.24) is 20.3 Å². The summed E-state index contributed by atoms with van der Waals surface area (Å²) in [6, 6.07) is 22.0. The average molecular weight is 788 g/mol. The summed E-state index contributed by atoms with van der Waals surface area (Å²) in [5.41, 5.74) is 3.05. The van der Waals surface area contributed by atoms with Gasteiger partial charge in [0, 0.05) is 47.4 Å². The van der Waals surface area contributed by atoms with E-state index in [2.05, 4.69) is 75.1 Å².